The Hall–Kier alpha value is -1.09. The lowest BCUT2D eigenvalue weighted by atomic mass is 10.2. The Bertz CT molecular complexity index is 491. The van der Waals surface area contributed by atoms with E-state index in [2.05, 4.69) is 23.9 Å². The Morgan fingerprint density at radius 3 is 2.65 bits per heavy atom. The van der Waals surface area contributed by atoms with Gasteiger partial charge < -0.3 is 0 Å². The van der Waals surface area contributed by atoms with E-state index in [9.17, 15) is 0 Å². The van der Waals surface area contributed by atoms with Crippen molar-refractivity contribution < 1.29 is 0 Å². The van der Waals surface area contributed by atoms with Crippen molar-refractivity contribution in [2.24, 2.45) is 0 Å². The van der Waals surface area contributed by atoms with Crippen LogP contribution in [0.1, 0.15) is 45.9 Å². The molecule has 0 amide bonds. The summed E-state index contributed by atoms with van der Waals surface area (Å²) in [5.41, 5.74) is 2.08. The van der Waals surface area contributed by atoms with E-state index >= 15 is 0 Å². The van der Waals surface area contributed by atoms with Gasteiger partial charge in [0.1, 0.15) is 5.15 Å². The minimum atomic E-state index is 0.389. The van der Waals surface area contributed by atoms with E-state index < -0.39 is 0 Å². The lowest BCUT2D eigenvalue weighted by Crippen LogP contribution is -2.05. The van der Waals surface area contributed by atoms with Crippen molar-refractivity contribution in [3.8, 4) is 0 Å². The molecule has 0 spiro atoms. The van der Waals surface area contributed by atoms with Crippen LogP contribution in [0.25, 0.3) is 10.9 Å². The summed E-state index contributed by atoms with van der Waals surface area (Å²) in [6, 6.07) is 2.27. The van der Waals surface area contributed by atoms with Crippen LogP contribution in [0.3, 0.4) is 0 Å². The maximum Gasteiger partial charge on any atom is 0.131 e. The Morgan fingerprint density at radius 1 is 1.41 bits per heavy atom. The maximum atomic E-state index is 5.90. The average molecular weight is 254 g/mol. The van der Waals surface area contributed by atoms with Crippen LogP contribution in [-0.4, -0.2) is 14.8 Å². The number of hydrogen-bond donors (Lipinski definition) is 0. The third-order valence-electron chi connectivity index (χ3n) is 2.75. The quantitative estimate of drug-likeness (QED) is 0.743. The predicted octanol–water partition coefficient (Wildman–Crippen LogP) is 4.39. The SMILES string of the molecule is CC.CCC(C)n1nc(C)c2cnc(Cl)cc21. The van der Waals surface area contributed by atoms with E-state index in [0.29, 0.717) is 11.2 Å². The van der Waals surface area contributed by atoms with Crippen LogP contribution in [0.4, 0.5) is 0 Å². The molecular formula is C13H20ClN3. The van der Waals surface area contributed by atoms with Gasteiger partial charge in [-0.25, -0.2) is 4.98 Å². The van der Waals surface area contributed by atoms with Gasteiger partial charge in [-0.2, -0.15) is 5.10 Å². The monoisotopic (exact) mass is 253 g/mol. The molecule has 0 N–H and O–H groups in total. The van der Waals surface area contributed by atoms with Crippen LogP contribution >= 0.6 is 11.6 Å². The lowest BCUT2D eigenvalue weighted by molar-refractivity contribution is 0.490. The zero-order chi connectivity index (χ0) is 13.0. The number of aromatic nitrogens is 3. The molecule has 0 bridgehead atoms. The van der Waals surface area contributed by atoms with Crippen molar-refractivity contribution in [2.45, 2.75) is 47.1 Å². The van der Waals surface area contributed by atoms with Crippen LogP contribution in [0.2, 0.25) is 5.15 Å². The van der Waals surface area contributed by atoms with Gasteiger partial charge in [0.15, 0.2) is 0 Å². The second kappa shape index (κ2) is 6.01. The van der Waals surface area contributed by atoms with Crippen LogP contribution in [0.5, 0.6) is 0 Å². The number of rotatable bonds is 2. The number of hydrogen-bond acceptors (Lipinski definition) is 2. The summed E-state index contributed by atoms with van der Waals surface area (Å²) in [6.07, 6.45) is 2.84. The van der Waals surface area contributed by atoms with Gasteiger partial charge in [0.25, 0.3) is 0 Å². The average Bonchev–Trinajstić information content (AvgIpc) is 2.68. The van der Waals surface area contributed by atoms with Gasteiger partial charge in [0.05, 0.1) is 11.2 Å². The molecule has 0 radical (unpaired) electrons. The minimum absolute atomic E-state index is 0.389. The lowest BCUT2D eigenvalue weighted by Gasteiger charge is -2.10. The van der Waals surface area contributed by atoms with Gasteiger partial charge in [-0.1, -0.05) is 32.4 Å². The molecular weight excluding hydrogens is 234 g/mol. The molecule has 0 aliphatic rings. The number of aryl methyl sites for hydroxylation is 1. The first kappa shape index (κ1) is 14.0. The van der Waals surface area contributed by atoms with E-state index in [1.807, 2.05) is 31.5 Å². The Morgan fingerprint density at radius 2 is 2.06 bits per heavy atom. The molecule has 0 aliphatic heterocycles. The second-order valence-corrected chi connectivity index (χ2v) is 4.20. The minimum Gasteiger partial charge on any atom is -0.262 e. The molecule has 2 heterocycles. The molecule has 3 nitrogen and oxygen atoms in total. The molecule has 0 aliphatic carbocycles. The van der Waals surface area contributed by atoms with E-state index in [-0.39, 0.29) is 0 Å². The van der Waals surface area contributed by atoms with E-state index in [1.54, 1.807) is 6.20 Å². The largest absolute Gasteiger partial charge is 0.262 e. The van der Waals surface area contributed by atoms with Crippen molar-refractivity contribution in [3.05, 3.63) is 23.1 Å². The van der Waals surface area contributed by atoms with Crippen LogP contribution < -0.4 is 0 Å². The molecule has 0 saturated carbocycles. The summed E-state index contributed by atoms with van der Waals surface area (Å²) in [5.74, 6) is 0. The van der Waals surface area contributed by atoms with Crippen LogP contribution in [-0.2, 0) is 0 Å². The summed E-state index contributed by atoms with van der Waals surface area (Å²) in [4.78, 5) is 4.08. The van der Waals surface area contributed by atoms with E-state index in [4.69, 9.17) is 11.6 Å². The smallest absolute Gasteiger partial charge is 0.131 e. The third kappa shape index (κ3) is 2.78. The molecule has 2 rings (SSSR count). The Balaban J connectivity index is 0.000000686. The standard InChI is InChI=1S/C11H14ClN3.C2H6/c1-4-7(2)15-10-5-11(12)13-6-9(10)8(3)14-15;1-2/h5-7H,4H2,1-3H3;1-2H3. The molecule has 0 fully saturated rings. The Kier molecular flexibility index (Phi) is 4.94. The van der Waals surface area contributed by atoms with Crippen molar-refractivity contribution >= 4 is 22.5 Å². The first-order chi connectivity index (χ1) is 8.13. The second-order valence-electron chi connectivity index (χ2n) is 3.81. The highest BCUT2D eigenvalue weighted by Crippen LogP contribution is 2.23. The topological polar surface area (TPSA) is 30.7 Å². The summed E-state index contributed by atoms with van der Waals surface area (Å²) in [6.45, 7) is 10.3. The van der Waals surface area contributed by atoms with Gasteiger partial charge in [-0.05, 0) is 20.3 Å². The van der Waals surface area contributed by atoms with Gasteiger partial charge >= 0.3 is 0 Å². The normalized spacial score (nSPS) is 12.1. The van der Waals surface area contributed by atoms with E-state index in [1.165, 1.54) is 0 Å². The summed E-state index contributed by atoms with van der Waals surface area (Å²) < 4.78 is 2.03. The Labute approximate surface area is 108 Å². The van der Waals surface area contributed by atoms with Gasteiger partial charge in [-0.15, -0.1) is 0 Å². The van der Waals surface area contributed by atoms with Crippen LogP contribution in [0, 0.1) is 6.92 Å². The molecule has 2 aromatic rings. The third-order valence-corrected chi connectivity index (χ3v) is 2.96. The fraction of sp³-hybridized carbons (Fsp3) is 0.538. The first-order valence-corrected chi connectivity index (χ1v) is 6.51. The number of nitrogens with zero attached hydrogens (tertiary/aromatic N) is 3. The van der Waals surface area contributed by atoms with Gasteiger partial charge in [0.2, 0.25) is 0 Å². The zero-order valence-corrected chi connectivity index (χ0v) is 11.9. The first-order valence-electron chi connectivity index (χ1n) is 6.13. The maximum absolute atomic E-state index is 5.90. The molecule has 1 unspecified atom stereocenters. The van der Waals surface area contributed by atoms with Crippen molar-refractivity contribution in [1.29, 1.82) is 0 Å². The summed E-state index contributed by atoms with van der Waals surface area (Å²) in [5, 5.41) is 6.12. The molecule has 1 atom stereocenters. The number of halogens is 1. The van der Waals surface area contributed by atoms with Crippen molar-refractivity contribution in [3.63, 3.8) is 0 Å². The number of fused-ring (bicyclic) bond motifs is 1. The molecule has 0 saturated heterocycles. The molecule has 2 aromatic heterocycles. The van der Waals surface area contributed by atoms with Gasteiger partial charge in [0, 0.05) is 23.7 Å². The fourth-order valence-electron chi connectivity index (χ4n) is 1.67. The highest BCUT2D eigenvalue weighted by molar-refractivity contribution is 6.30. The highest BCUT2D eigenvalue weighted by atomic mass is 35.5. The van der Waals surface area contributed by atoms with E-state index in [0.717, 1.165) is 23.0 Å². The zero-order valence-electron chi connectivity index (χ0n) is 11.2. The summed E-state index contributed by atoms with van der Waals surface area (Å²) in [7, 11) is 0. The van der Waals surface area contributed by atoms with Gasteiger partial charge in [-0.3, -0.25) is 4.68 Å². The fourth-order valence-corrected chi connectivity index (χ4v) is 1.82. The molecule has 0 aromatic carbocycles. The predicted molar refractivity (Wildman–Crippen MR) is 73.6 cm³/mol. The molecule has 4 heteroatoms. The van der Waals surface area contributed by atoms with Crippen molar-refractivity contribution in [2.75, 3.05) is 0 Å². The molecule has 17 heavy (non-hydrogen) atoms. The number of pyridine rings is 1. The molecule has 94 valence electrons. The van der Waals surface area contributed by atoms with Crippen molar-refractivity contribution in [1.82, 2.24) is 14.8 Å². The highest BCUT2D eigenvalue weighted by Gasteiger charge is 2.11. The summed E-state index contributed by atoms with van der Waals surface area (Å²) >= 11 is 5.90. The van der Waals surface area contributed by atoms with Crippen LogP contribution in [0.15, 0.2) is 12.3 Å².